The summed E-state index contributed by atoms with van der Waals surface area (Å²) in [5.74, 6) is 1.25. The van der Waals surface area contributed by atoms with Crippen molar-refractivity contribution in [3.05, 3.63) is 59.7 Å². The van der Waals surface area contributed by atoms with Crippen LogP contribution in [0, 0.1) is 0 Å². The smallest absolute Gasteiger partial charge is 0.261 e. The Bertz CT molecular complexity index is 787. The van der Waals surface area contributed by atoms with Gasteiger partial charge >= 0.3 is 0 Å². The molecule has 0 aliphatic carbocycles. The standard InChI is InChI=1S/C24H32N2O3/c1-3-23(29-22-12-8-11-21(16-22)28-2)24(27)25-17-19-9-7-10-20(15-19)18-26-13-5-4-6-14-26/h7-12,15-16,23H,3-6,13-14,17-18H2,1-2H3,(H,25,27). The molecule has 0 spiro atoms. The monoisotopic (exact) mass is 396 g/mol. The van der Waals surface area contributed by atoms with Gasteiger partial charge in [-0.15, -0.1) is 0 Å². The number of piperidine rings is 1. The van der Waals surface area contributed by atoms with Crippen LogP contribution in [-0.4, -0.2) is 37.1 Å². The molecule has 29 heavy (non-hydrogen) atoms. The summed E-state index contributed by atoms with van der Waals surface area (Å²) in [4.78, 5) is 15.1. The Morgan fingerprint density at radius 2 is 1.76 bits per heavy atom. The summed E-state index contributed by atoms with van der Waals surface area (Å²) in [5.41, 5.74) is 2.42. The highest BCUT2D eigenvalue weighted by Gasteiger charge is 2.18. The number of rotatable bonds is 9. The van der Waals surface area contributed by atoms with E-state index in [0.717, 1.165) is 12.1 Å². The summed E-state index contributed by atoms with van der Waals surface area (Å²) in [6.07, 6.45) is 4.00. The molecule has 1 aliphatic heterocycles. The van der Waals surface area contributed by atoms with Crippen molar-refractivity contribution in [1.29, 1.82) is 0 Å². The maximum absolute atomic E-state index is 12.6. The predicted octanol–water partition coefficient (Wildman–Crippen LogP) is 4.15. The minimum atomic E-state index is -0.529. The van der Waals surface area contributed by atoms with Crippen molar-refractivity contribution in [3.8, 4) is 11.5 Å². The van der Waals surface area contributed by atoms with Crippen LogP contribution in [0.1, 0.15) is 43.7 Å². The summed E-state index contributed by atoms with van der Waals surface area (Å²) in [6.45, 7) is 5.80. The zero-order chi connectivity index (χ0) is 20.5. The molecule has 1 N–H and O–H groups in total. The lowest BCUT2D eigenvalue weighted by molar-refractivity contribution is -0.128. The van der Waals surface area contributed by atoms with Crippen LogP contribution in [0.25, 0.3) is 0 Å². The number of ether oxygens (including phenoxy) is 2. The number of carbonyl (C=O) groups excluding carboxylic acids is 1. The SMILES string of the molecule is CCC(Oc1cccc(OC)c1)C(=O)NCc1cccc(CN2CCCCC2)c1. The molecule has 1 aliphatic rings. The Labute approximate surface area is 174 Å². The molecule has 1 heterocycles. The predicted molar refractivity (Wildman–Crippen MR) is 115 cm³/mol. The van der Waals surface area contributed by atoms with Gasteiger partial charge in [0.1, 0.15) is 11.5 Å². The third kappa shape index (κ3) is 6.50. The first-order chi connectivity index (χ1) is 14.2. The molecule has 1 saturated heterocycles. The highest BCUT2D eigenvalue weighted by Crippen LogP contribution is 2.21. The number of hydrogen-bond donors (Lipinski definition) is 1. The fourth-order valence-corrected chi connectivity index (χ4v) is 3.68. The van der Waals surface area contributed by atoms with Gasteiger partial charge in [-0.1, -0.05) is 43.7 Å². The van der Waals surface area contributed by atoms with Crippen molar-refractivity contribution >= 4 is 5.91 Å². The molecule has 1 amide bonds. The fraction of sp³-hybridized carbons (Fsp3) is 0.458. The Morgan fingerprint density at radius 3 is 2.52 bits per heavy atom. The highest BCUT2D eigenvalue weighted by atomic mass is 16.5. The maximum Gasteiger partial charge on any atom is 0.261 e. The second-order valence-electron chi connectivity index (χ2n) is 7.57. The van der Waals surface area contributed by atoms with Crippen LogP contribution >= 0.6 is 0 Å². The molecule has 0 bridgehead atoms. The van der Waals surface area contributed by atoms with Gasteiger partial charge in [-0.3, -0.25) is 9.69 Å². The number of nitrogens with one attached hydrogen (secondary N) is 1. The van der Waals surface area contributed by atoms with Crippen LogP contribution in [0.3, 0.4) is 0 Å². The van der Waals surface area contributed by atoms with Crippen LogP contribution in [-0.2, 0) is 17.9 Å². The van der Waals surface area contributed by atoms with Gasteiger partial charge in [-0.05, 0) is 55.6 Å². The molecule has 5 nitrogen and oxygen atoms in total. The third-order valence-electron chi connectivity index (χ3n) is 5.30. The molecule has 1 atom stereocenters. The molecule has 0 saturated carbocycles. The lowest BCUT2D eigenvalue weighted by Crippen LogP contribution is -2.37. The van der Waals surface area contributed by atoms with Gasteiger partial charge in [0.2, 0.25) is 0 Å². The van der Waals surface area contributed by atoms with Crippen molar-refractivity contribution in [3.63, 3.8) is 0 Å². The largest absolute Gasteiger partial charge is 0.497 e. The first kappa shape index (κ1) is 21.2. The highest BCUT2D eigenvalue weighted by molar-refractivity contribution is 5.81. The Morgan fingerprint density at radius 1 is 1.03 bits per heavy atom. The van der Waals surface area contributed by atoms with Crippen LogP contribution in [0.4, 0.5) is 0 Å². The average Bonchev–Trinajstić information content (AvgIpc) is 2.77. The molecule has 2 aromatic carbocycles. The summed E-state index contributed by atoms with van der Waals surface area (Å²) in [5, 5.41) is 3.02. The van der Waals surface area contributed by atoms with Gasteiger partial charge in [0.25, 0.3) is 5.91 Å². The zero-order valence-corrected chi connectivity index (χ0v) is 17.5. The summed E-state index contributed by atoms with van der Waals surface area (Å²) in [6, 6.07) is 15.8. The van der Waals surface area contributed by atoms with E-state index in [0.29, 0.717) is 24.5 Å². The van der Waals surface area contributed by atoms with Crippen molar-refractivity contribution in [2.24, 2.45) is 0 Å². The van der Waals surface area contributed by atoms with Crippen molar-refractivity contribution in [1.82, 2.24) is 10.2 Å². The molecule has 1 fully saturated rings. The topological polar surface area (TPSA) is 50.8 Å². The summed E-state index contributed by atoms with van der Waals surface area (Å²) >= 11 is 0. The van der Waals surface area contributed by atoms with Crippen LogP contribution in [0.5, 0.6) is 11.5 Å². The lowest BCUT2D eigenvalue weighted by Gasteiger charge is -2.26. The van der Waals surface area contributed by atoms with Gasteiger partial charge in [0.15, 0.2) is 6.10 Å². The van der Waals surface area contributed by atoms with E-state index in [1.807, 2.05) is 25.1 Å². The second-order valence-corrected chi connectivity index (χ2v) is 7.57. The van der Waals surface area contributed by atoms with Crippen molar-refractivity contribution < 1.29 is 14.3 Å². The lowest BCUT2D eigenvalue weighted by atomic mass is 10.1. The first-order valence-electron chi connectivity index (χ1n) is 10.6. The van der Waals surface area contributed by atoms with E-state index in [1.165, 1.54) is 37.9 Å². The van der Waals surface area contributed by atoms with E-state index in [4.69, 9.17) is 9.47 Å². The van der Waals surface area contributed by atoms with E-state index >= 15 is 0 Å². The number of benzene rings is 2. The zero-order valence-electron chi connectivity index (χ0n) is 17.5. The molecule has 156 valence electrons. The number of methoxy groups -OCH3 is 1. The number of nitrogens with zero attached hydrogens (tertiary/aromatic N) is 1. The quantitative estimate of drug-likeness (QED) is 0.692. The second kappa shape index (κ2) is 10.9. The van der Waals surface area contributed by atoms with Crippen LogP contribution in [0.2, 0.25) is 0 Å². The summed E-state index contributed by atoms with van der Waals surface area (Å²) < 4.78 is 11.1. The van der Waals surface area contributed by atoms with Gasteiger partial charge in [-0.25, -0.2) is 0 Å². The molecule has 0 aromatic heterocycles. The number of hydrogen-bond acceptors (Lipinski definition) is 4. The molecule has 2 aromatic rings. The van der Waals surface area contributed by atoms with Crippen molar-refractivity contribution in [2.45, 2.75) is 51.8 Å². The first-order valence-corrected chi connectivity index (χ1v) is 10.6. The van der Waals surface area contributed by atoms with E-state index in [-0.39, 0.29) is 5.91 Å². The van der Waals surface area contributed by atoms with Gasteiger partial charge < -0.3 is 14.8 Å². The average molecular weight is 397 g/mol. The van der Waals surface area contributed by atoms with Crippen molar-refractivity contribution in [2.75, 3.05) is 20.2 Å². The minimum absolute atomic E-state index is 0.100. The van der Waals surface area contributed by atoms with Gasteiger partial charge in [-0.2, -0.15) is 0 Å². The molecule has 5 heteroatoms. The molecular formula is C24H32N2O3. The normalized spacial score (nSPS) is 15.5. The van der Waals surface area contributed by atoms with E-state index in [2.05, 4.69) is 34.5 Å². The molecule has 0 radical (unpaired) electrons. The van der Waals surface area contributed by atoms with Crippen LogP contribution in [0.15, 0.2) is 48.5 Å². The third-order valence-corrected chi connectivity index (χ3v) is 5.30. The fourth-order valence-electron chi connectivity index (χ4n) is 3.68. The maximum atomic E-state index is 12.6. The molecule has 1 unspecified atom stereocenters. The molecule has 3 rings (SSSR count). The van der Waals surface area contributed by atoms with E-state index in [1.54, 1.807) is 13.2 Å². The number of carbonyl (C=O) groups is 1. The minimum Gasteiger partial charge on any atom is -0.497 e. The number of likely N-dealkylation sites (tertiary alicyclic amines) is 1. The van der Waals surface area contributed by atoms with Crippen LogP contribution < -0.4 is 14.8 Å². The van der Waals surface area contributed by atoms with E-state index in [9.17, 15) is 4.79 Å². The Balaban J connectivity index is 1.53. The number of amides is 1. The van der Waals surface area contributed by atoms with E-state index < -0.39 is 6.10 Å². The van der Waals surface area contributed by atoms with Gasteiger partial charge in [0.05, 0.1) is 7.11 Å². The Hall–Kier alpha value is -2.53. The Kier molecular flexibility index (Phi) is 7.94. The van der Waals surface area contributed by atoms with Gasteiger partial charge in [0, 0.05) is 19.2 Å². The summed E-state index contributed by atoms with van der Waals surface area (Å²) in [7, 11) is 1.61. The molecular weight excluding hydrogens is 364 g/mol.